The molecule has 2 saturated heterocycles. The minimum Gasteiger partial charge on any atom is -0.335 e. The summed E-state index contributed by atoms with van der Waals surface area (Å²) < 4.78 is 0. The van der Waals surface area contributed by atoms with Gasteiger partial charge >= 0.3 is 0 Å². The Kier molecular flexibility index (Phi) is 39.4. The molecule has 0 N–H and O–H groups in total. The van der Waals surface area contributed by atoms with Crippen molar-refractivity contribution in [3.05, 3.63) is 259 Å². The molecule has 2 saturated carbocycles. The molecule has 0 unspecified atom stereocenters. The first-order chi connectivity index (χ1) is 55.2. The molecule has 8 aliphatic rings. The Balaban J connectivity index is 0.000000335. The van der Waals surface area contributed by atoms with Crippen LogP contribution in [0.15, 0.2) is 259 Å². The average molecular weight is 1640 g/mol. The number of carbonyl (C=O) groups excluding carboxylic acids is 6. The summed E-state index contributed by atoms with van der Waals surface area (Å²) in [6.07, 6.45) is 69.1. The first-order valence-electron chi connectivity index (χ1n) is 44.4. The van der Waals surface area contributed by atoms with Gasteiger partial charge in [0, 0.05) is 86.2 Å². The van der Waals surface area contributed by atoms with E-state index in [0.717, 1.165) is 66.8 Å². The number of likely N-dealkylation sites (N-methyl/N-ethyl adjacent to an activating group) is 2. The predicted octanol–water partition coefficient (Wildman–Crippen LogP) is 27.6. The van der Waals surface area contributed by atoms with Gasteiger partial charge in [0.05, 0.1) is 13.1 Å². The molecule has 0 bridgehead atoms. The normalized spacial score (nSPS) is 21.6. The van der Waals surface area contributed by atoms with E-state index in [-0.39, 0.29) is 93.6 Å². The largest absolute Gasteiger partial charge is 0.335 e. The van der Waals surface area contributed by atoms with Crippen molar-refractivity contribution in [1.29, 1.82) is 0 Å². The quantitative estimate of drug-likeness (QED) is 0.0511. The molecule has 10 nitrogen and oxygen atoms in total. The van der Waals surface area contributed by atoms with Gasteiger partial charge < -0.3 is 19.6 Å². The highest BCUT2D eigenvalue weighted by atomic mass is 16.2. The van der Waals surface area contributed by atoms with Crippen molar-refractivity contribution in [2.24, 2.45) is 43.3 Å². The molecule has 8 rings (SSSR count). The number of nitrogens with zero attached hydrogens (tertiary/aromatic N) is 4. The molecule has 4 fully saturated rings. The third-order valence-electron chi connectivity index (χ3n) is 26.0. The van der Waals surface area contributed by atoms with Crippen molar-refractivity contribution in [1.82, 2.24) is 19.6 Å². The van der Waals surface area contributed by atoms with Crippen LogP contribution in [0.3, 0.4) is 0 Å². The number of rotatable bonds is 25. The van der Waals surface area contributed by atoms with Gasteiger partial charge in [0.15, 0.2) is 11.6 Å². The zero-order chi connectivity index (χ0) is 89.4. The molecule has 0 radical (unpaired) electrons. The van der Waals surface area contributed by atoms with Crippen molar-refractivity contribution in [3.8, 4) is 0 Å². The molecule has 0 aromatic rings. The maximum atomic E-state index is 12.5. The second-order valence-electron chi connectivity index (χ2n) is 40.9. The summed E-state index contributed by atoms with van der Waals surface area (Å²) >= 11 is 0. The second kappa shape index (κ2) is 45.6. The third kappa shape index (κ3) is 32.7. The van der Waals surface area contributed by atoms with Crippen LogP contribution in [0.1, 0.15) is 297 Å². The predicted molar refractivity (Wildman–Crippen MR) is 515 cm³/mol. The van der Waals surface area contributed by atoms with E-state index in [4.69, 9.17) is 0 Å². The lowest BCUT2D eigenvalue weighted by molar-refractivity contribution is -0.137. The van der Waals surface area contributed by atoms with Gasteiger partial charge in [-0.05, 0) is 252 Å². The molecule has 0 atom stereocenters. The van der Waals surface area contributed by atoms with Crippen LogP contribution in [0, 0.1) is 43.3 Å². The SMILES string of the molecule is C.C=C1CN(C(=O)/C=C(C)/C=C/C=C(C)\C=C\C2=C(C)CCCC2(C)C)CC1(C)C.C=C1CN(C(=O)/C=C(C)/C=C/C=C(C)\C=C\C2=C(C)CCCC2(C)C)CC12CC2.CC1=C(/C=C/C(C)=C\C=C\C(C)=C\C(=O)N(C)CC(=O)C(C)(C)C)C(C)(C)CCC1.CC1=C(/C=C/C(C)=C\C=C\C(C)=C\C(=O)N(C)CC(=O)C2(C)CCC2)C(C)(C)CCC1. The van der Waals surface area contributed by atoms with Crippen molar-refractivity contribution in [3.63, 3.8) is 0 Å². The smallest absolute Gasteiger partial charge is 0.247 e. The van der Waals surface area contributed by atoms with Gasteiger partial charge in [0.2, 0.25) is 23.6 Å². The highest BCUT2D eigenvalue weighted by Gasteiger charge is 2.51. The summed E-state index contributed by atoms with van der Waals surface area (Å²) in [6.45, 7) is 67.4. The van der Waals surface area contributed by atoms with Gasteiger partial charge in [-0.1, -0.05) is 301 Å². The van der Waals surface area contributed by atoms with E-state index in [9.17, 15) is 28.8 Å². The number of likely N-dealkylation sites (tertiary alicyclic amines) is 2. The van der Waals surface area contributed by atoms with Crippen LogP contribution >= 0.6 is 0 Å². The number of Topliss-reactive ketones (excluding diaryl/α,β-unsaturated/α-hetero) is 2. The Bertz CT molecular complexity index is 4280. The van der Waals surface area contributed by atoms with Crippen molar-refractivity contribution < 1.29 is 28.8 Å². The highest BCUT2D eigenvalue weighted by molar-refractivity contribution is 5.95. The lowest BCUT2D eigenvalue weighted by atomic mass is 9.67. The lowest BCUT2D eigenvalue weighted by Gasteiger charge is -2.37. The minimum absolute atomic E-state index is 0. The summed E-state index contributed by atoms with van der Waals surface area (Å²) in [6, 6.07) is 0. The number of hydrogen-bond acceptors (Lipinski definition) is 6. The Hall–Kier alpha value is -8.50. The average Bonchev–Trinajstić information content (AvgIpc) is 1.59. The van der Waals surface area contributed by atoms with Gasteiger partial charge in [-0.3, -0.25) is 28.8 Å². The number of amides is 4. The van der Waals surface area contributed by atoms with Crippen molar-refractivity contribution in [2.75, 3.05) is 53.4 Å². The summed E-state index contributed by atoms with van der Waals surface area (Å²) in [5.74, 6) is 0.129. The van der Waals surface area contributed by atoms with Crippen LogP contribution in [-0.4, -0.2) is 108 Å². The summed E-state index contributed by atoms with van der Waals surface area (Å²) in [5.41, 5.74) is 23.4. The van der Waals surface area contributed by atoms with Crippen LogP contribution in [0.25, 0.3) is 0 Å². The molecule has 120 heavy (non-hydrogen) atoms. The summed E-state index contributed by atoms with van der Waals surface area (Å²) in [7, 11) is 3.37. The van der Waals surface area contributed by atoms with Crippen molar-refractivity contribution in [2.45, 2.75) is 297 Å². The Morgan fingerprint density at radius 2 is 0.667 bits per heavy atom. The monoisotopic (exact) mass is 1640 g/mol. The molecule has 6 aliphatic carbocycles. The van der Waals surface area contributed by atoms with Gasteiger partial charge in [-0.25, -0.2) is 0 Å². The summed E-state index contributed by atoms with van der Waals surface area (Å²) in [4.78, 5) is 81.1. The maximum Gasteiger partial charge on any atom is 0.247 e. The summed E-state index contributed by atoms with van der Waals surface area (Å²) in [5, 5.41) is 0. The van der Waals surface area contributed by atoms with Gasteiger partial charge in [-0.15, -0.1) is 0 Å². The van der Waals surface area contributed by atoms with E-state index in [0.29, 0.717) is 6.54 Å². The molecule has 2 aliphatic heterocycles. The molecule has 2 heterocycles. The van der Waals surface area contributed by atoms with E-state index >= 15 is 0 Å². The Labute approximate surface area is 731 Å². The van der Waals surface area contributed by atoms with E-state index in [1.165, 1.54) is 172 Å². The molecule has 1 spiro atoms. The first kappa shape index (κ1) is 104. The van der Waals surface area contributed by atoms with Crippen LogP contribution in [0.5, 0.6) is 0 Å². The van der Waals surface area contributed by atoms with Crippen LogP contribution in [0.2, 0.25) is 0 Å². The fourth-order valence-electron chi connectivity index (χ4n) is 16.9. The van der Waals surface area contributed by atoms with Crippen LogP contribution in [-0.2, 0) is 28.8 Å². The first-order valence-corrected chi connectivity index (χ1v) is 44.4. The highest BCUT2D eigenvalue weighted by Crippen LogP contribution is 2.55. The van der Waals surface area contributed by atoms with Gasteiger partial charge in [0.25, 0.3) is 0 Å². The topological polar surface area (TPSA) is 115 Å². The molecular formula is C110H162N4O6. The molecule has 4 amide bonds. The Morgan fingerprint density at radius 1 is 0.375 bits per heavy atom. The van der Waals surface area contributed by atoms with Crippen LogP contribution < -0.4 is 0 Å². The second-order valence-corrected chi connectivity index (χ2v) is 40.9. The standard InChI is InChI=1S/C28H41NO2.C27H41NO2.C27H37NO.C27H39NO.CH4/c1-21(14-15-24-23(3)13-9-16-27(24,4)5)11-8-12-22(2)19-26(31)29(7)20-25(30)28(6)17-10-18-28;1-20(15-16-23-22(3)14-11-17-27(23,7)8)12-10-13-21(2)18-25(30)28(9)19-24(29)26(4,5)6;1-20(12-13-24-22(3)11-8-14-26(24,5)6)9-7-10-21(2)17-25(29)28-18-23(4)27(19-28)15-16-27;1-20(14-15-24-22(3)13-10-16-26(24,5)6)11-9-12-21(2)17-25(29)28-18-23(4)27(7,8)19-28;/h8,11-12,14-15,19H,9-10,13,16-18,20H2,1-7H3;10,12-13,15-16,18H,11,14,17,19H2,1-9H3;7,9-10,12-13,17H,4,8,11,14-16,18-19H2,1-3,5-6H3;9,11-12,14-15,17H,4,10,13,16,18-19H2,1-3,5-8H3;1H4/b12-8+,15-14+,21-11-,22-19+;13-10+,16-15+,20-12-,21-18+;10-7+,13-12+,20-9-,21-17+;12-9+,15-14+,20-11-,21-17+;. The number of hydrogen-bond donors (Lipinski definition) is 0. The molecule has 0 aromatic heterocycles. The van der Waals surface area contributed by atoms with E-state index in [1.54, 1.807) is 38.4 Å². The number of allylic oxidation sites excluding steroid dienone is 36. The zero-order valence-corrected chi connectivity index (χ0v) is 79.8. The zero-order valence-electron chi connectivity index (χ0n) is 79.8. The third-order valence-corrected chi connectivity index (χ3v) is 26.0. The van der Waals surface area contributed by atoms with E-state index in [1.807, 2.05) is 114 Å². The van der Waals surface area contributed by atoms with E-state index < -0.39 is 5.41 Å². The van der Waals surface area contributed by atoms with E-state index in [2.05, 4.69) is 211 Å². The minimum atomic E-state index is -0.440. The number of ketones is 2. The molecule has 0 aromatic carbocycles. The molecule has 658 valence electrons. The fourth-order valence-corrected chi connectivity index (χ4v) is 16.9. The fraction of sp³-hybridized carbons (Fsp3) is 0.545. The van der Waals surface area contributed by atoms with Crippen LogP contribution in [0.4, 0.5) is 0 Å². The lowest BCUT2D eigenvalue weighted by Crippen LogP contribution is -2.42. The van der Waals surface area contributed by atoms with Gasteiger partial charge in [-0.2, -0.15) is 0 Å². The maximum absolute atomic E-state index is 12.5. The Morgan fingerprint density at radius 3 is 0.925 bits per heavy atom. The van der Waals surface area contributed by atoms with Crippen molar-refractivity contribution >= 4 is 35.2 Å². The molecule has 10 heteroatoms. The molecular weight excluding hydrogens is 1470 g/mol. The number of carbonyl (C=O) groups is 6. The van der Waals surface area contributed by atoms with Gasteiger partial charge in [0.1, 0.15) is 0 Å².